The molecule has 8 heteroatoms. The number of nitrogens with one attached hydrogen (secondary N) is 1. The summed E-state index contributed by atoms with van der Waals surface area (Å²) in [6.45, 7) is 5.46. The first-order valence-corrected chi connectivity index (χ1v) is 10.4. The second kappa shape index (κ2) is 10.4. The summed E-state index contributed by atoms with van der Waals surface area (Å²) in [6.07, 6.45) is 3.73. The third-order valence-electron chi connectivity index (χ3n) is 4.24. The molecule has 0 aromatic heterocycles. The summed E-state index contributed by atoms with van der Waals surface area (Å²) in [6, 6.07) is 8.81. The summed E-state index contributed by atoms with van der Waals surface area (Å²) in [5, 5.41) is 11.7. The molecule has 1 saturated heterocycles. The first kappa shape index (κ1) is 22.8. The topological polar surface area (TPSA) is 86.7 Å². The third-order valence-corrected chi connectivity index (χ3v) is 5.62. The maximum absolute atomic E-state index is 12.7. The molecule has 2 amide bonds. The Morgan fingerprint density at radius 3 is 2.52 bits per heavy atom. The minimum absolute atomic E-state index is 0.0188. The van der Waals surface area contributed by atoms with Crippen molar-refractivity contribution in [3.05, 3.63) is 52.4 Å². The molecule has 29 heavy (non-hydrogen) atoms. The number of carbonyl (C=O) groups excluding carboxylic acids is 2. The highest BCUT2D eigenvalue weighted by molar-refractivity contribution is 8.26. The van der Waals surface area contributed by atoms with E-state index in [1.165, 1.54) is 16.7 Å². The molecule has 1 aromatic rings. The largest absolute Gasteiger partial charge is 0.480 e. The third kappa shape index (κ3) is 6.54. The molecule has 154 valence electrons. The lowest BCUT2D eigenvalue weighted by Gasteiger charge is -2.19. The van der Waals surface area contributed by atoms with Crippen LogP contribution in [-0.2, 0) is 14.4 Å². The monoisotopic (exact) mass is 432 g/mol. The van der Waals surface area contributed by atoms with E-state index in [-0.39, 0.29) is 24.8 Å². The number of thiocarbonyl (C=S) groups is 1. The van der Waals surface area contributed by atoms with E-state index in [0.717, 1.165) is 11.1 Å². The Balaban J connectivity index is 1.99. The zero-order valence-electron chi connectivity index (χ0n) is 16.5. The molecule has 0 spiro atoms. The van der Waals surface area contributed by atoms with E-state index < -0.39 is 17.9 Å². The summed E-state index contributed by atoms with van der Waals surface area (Å²) in [5.41, 5.74) is 1.95. The first-order valence-electron chi connectivity index (χ1n) is 9.20. The Morgan fingerprint density at radius 1 is 1.28 bits per heavy atom. The number of carbonyl (C=O) groups is 3. The lowest BCUT2D eigenvalue weighted by molar-refractivity contribution is -0.143. The Labute approximate surface area is 180 Å². The maximum atomic E-state index is 12.7. The van der Waals surface area contributed by atoms with Gasteiger partial charge in [0.05, 0.1) is 4.91 Å². The van der Waals surface area contributed by atoms with Crippen molar-refractivity contribution in [3.63, 3.8) is 0 Å². The summed E-state index contributed by atoms with van der Waals surface area (Å²) < 4.78 is 0.389. The van der Waals surface area contributed by atoms with Gasteiger partial charge in [-0.05, 0) is 30.1 Å². The summed E-state index contributed by atoms with van der Waals surface area (Å²) in [4.78, 5) is 37.8. The van der Waals surface area contributed by atoms with Gasteiger partial charge in [0, 0.05) is 13.0 Å². The number of hydrogen-bond donors (Lipinski definition) is 2. The number of hydrogen-bond acceptors (Lipinski definition) is 5. The van der Waals surface area contributed by atoms with Crippen LogP contribution in [0.15, 0.2) is 46.9 Å². The number of carboxylic acids is 1. The number of nitrogens with zero attached hydrogens (tertiary/aromatic N) is 1. The van der Waals surface area contributed by atoms with Crippen LogP contribution >= 0.6 is 24.0 Å². The van der Waals surface area contributed by atoms with Crippen LogP contribution in [0.1, 0.15) is 32.8 Å². The van der Waals surface area contributed by atoms with Gasteiger partial charge in [0.1, 0.15) is 10.4 Å². The van der Waals surface area contributed by atoms with Crippen LogP contribution in [-0.4, -0.2) is 44.7 Å². The fourth-order valence-corrected chi connectivity index (χ4v) is 4.08. The van der Waals surface area contributed by atoms with Crippen LogP contribution in [0.5, 0.6) is 0 Å². The molecule has 1 aliphatic heterocycles. The van der Waals surface area contributed by atoms with Crippen molar-refractivity contribution < 1.29 is 19.5 Å². The van der Waals surface area contributed by atoms with Crippen molar-refractivity contribution in [3.8, 4) is 0 Å². The van der Waals surface area contributed by atoms with Crippen LogP contribution in [0.25, 0.3) is 6.08 Å². The van der Waals surface area contributed by atoms with Crippen LogP contribution in [0.4, 0.5) is 0 Å². The predicted molar refractivity (Wildman–Crippen MR) is 119 cm³/mol. The van der Waals surface area contributed by atoms with Crippen molar-refractivity contribution in [1.29, 1.82) is 0 Å². The van der Waals surface area contributed by atoms with Crippen LogP contribution in [0.3, 0.4) is 0 Å². The molecule has 0 radical (unpaired) electrons. The summed E-state index contributed by atoms with van der Waals surface area (Å²) in [5.74, 6) is -1.99. The minimum atomic E-state index is -1.08. The number of benzene rings is 1. The molecule has 0 bridgehead atoms. The molecule has 0 aliphatic carbocycles. The van der Waals surface area contributed by atoms with Gasteiger partial charge in [-0.15, -0.1) is 0 Å². The number of rotatable bonds is 8. The average molecular weight is 433 g/mol. The minimum Gasteiger partial charge on any atom is -0.480 e. The average Bonchev–Trinajstić information content (AvgIpc) is 2.91. The Hall–Kier alpha value is -2.45. The zero-order chi connectivity index (χ0) is 21.6. The van der Waals surface area contributed by atoms with Crippen molar-refractivity contribution in [2.75, 3.05) is 6.54 Å². The molecular formula is C21H24N2O4S2. The molecule has 1 heterocycles. The van der Waals surface area contributed by atoms with E-state index in [1.807, 2.05) is 43.3 Å². The second-order valence-electron chi connectivity index (χ2n) is 7.01. The van der Waals surface area contributed by atoms with E-state index in [4.69, 9.17) is 17.3 Å². The number of thioether (sulfide) groups is 1. The van der Waals surface area contributed by atoms with Gasteiger partial charge in [-0.3, -0.25) is 14.5 Å². The van der Waals surface area contributed by atoms with Gasteiger partial charge in [-0.2, -0.15) is 0 Å². The lowest BCUT2D eigenvalue weighted by atomic mass is 10.0. The Morgan fingerprint density at radius 2 is 1.93 bits per heavy atom. The van der Waals surface area contributed by atoms with Crippen LogP contribution in [0, 0.1) is 5.92 Å². The Bertz CT molecular complexity index is 863. The van der Waals surface area contributed by atoms with Gasteiger partial charge in [0.2, 0.25) is 5.91 Å². The zero-order valence-corrected chi connectivity index (χ0v) is 18.2. The Kier molecular flexibility index (Phi) is 8.16. The smallest absolute Gasteiger partial charge is 0.326 e. The summed E-state index contributed by atoms with van der Waals surface area (Å²) >= 11 is 6.48. The number of allylic oxidation sites excluding steroid dienone is 2. The van der Waals surface area contributed by atoms with E-state index in [0.29, 0.717) is 9.23 Å². The highest BCUT2D eigenvalue weighted by Gasteiger charge is 2.32. The molecule has 1 atom stereocenters. The quantitative estimate of drug-likeness (QED) is 0.483. The van der Waals surface area contributed by atoms with Crippen LogP contribution < -0.4 is 5.32 Å². The SMILES string of the molecule is CC(=C\c1ccccc1)/C=C1/SC(=S)N(CCC(=O)N[C@H](C(=O)O)C(C)C)C1=O. The molecule has 6 nitrogen and oxygen atoms in total. The van der Waals surface area contributed by atoms with E-state index in [2.05, 4.69) is 5.32 Å². The van der Waals surface area contributed by atoms with E-state index >= 15 is 0 Å². The second-order valence-corrected chi connectivity index (χ2v) is 8.69. The normalized spacial score (nSPS) is 17.2. The lowest BCUT2D eigenvalue weighted by Crippen LogP contribution is -2.45. The molecule has 2 N–H and O–H groups in total. The standard InChI is InChI=1S/C21H24N2O4S2/c1-13(2)18(20(26)27)22-17(24)9-10-23-19(25)16(29-21(23)28)12-14(3)11-15-7-5-4-6-8-15/h4-8,11-13,18H,9-10H2,1-3H3,(H,22,24)(H,26,27)/b14-11+,16-12+/t18-/m0/s1. The van der Waals surface area contributed by atoms with Gasteiger partial charge >= 0.3 is 5.97 Å². The fourth-order valence-electron chi connectivity index (χ4n) is 2.73. The van der Waals surface area contributed by atoms with E-state index in [9.17, 15) is 14.4 Å². The molecule has 1 fully saturated rings. The van der Waals surface area contributed by atoms with Crippen molar-refractivity contribution >= 4 is 52.2 Å². The van der Waals surface area contributed by atoms with Gasteiger partial charge < -0.3 is 10.4 Å². The number of amides is 2. The molecular weight excluding hydrogens is 408 g/mol. The molecule has 2 rings (SSSR count). The van der Waals surface area contributed by atoms with Gasteiger partial charge in [0.25, 0.3) is 5.91 Å². The highest BCUT2D eigenvalue weighted by atomic mass is 32.2. The first-order chi connectivity index (χ1) is 13.7. The summed E-state index contributed by atoms with van der Waals surface area (Å²) in [7, 11) is 0. The number of aliphatic carboxylic acids is 1. The van der Waals surface area contributed by atoms with Gasteiger partial charge in [0.15, 0.2) is 0 Å². The maximum Gasteiger partial charge on any atom is 0.326 e. The van der Waals surface area contributed by atoms with Crippen molar-refractivity contribution in [2.45, 2.75) is 33.2 Å². The molecule has 0 unspecified atom stereocenters. The molecule has 0 saturated carbocycles. The fraction of sp³-hybridized carbons (Fsp3) is 0.333. The molecule has 1 aromatic carbocycles. The van der Waals surface area contributed by atoms with Crippen molar-refractivity contribution in [2.24, 2.45) is 5.92 Å². The van der Waals surface area contributed by atoms with Crippen LogP contribution in [0.2, 0.25) is 0 Å². The van der Waals surface area contributed by atoms with Crippen molar-refractivity contribution in [1.82, 2.24) is 10.2 Å². The molecule has 1 aliphatic rings. The predicted octanol–water partition coefficient (Wildman–Crippen LogP) is 3.45. The van der Waals surface area contributed by atoms with E-state index in [1.54, 1.807) is 19.9 Å². The van der Waals surface area contributed by atoms with Gasteiger partial charge in [-0.25, -0.2) is 4.79 Å². The number of carboxylic acid groups (broad SMARTS) is 1. The van der Waals surface area contributed by atoms with Gasteiger partial charge in [-0.1, -0.05) is 74.2 Å². The highest BCUT2D eigenvalue weighted by Crippen LogP contribution is 2.32.